The second-order valence-corrected chi connectivity index (χ2v) is 5.15. The van der Waals surface area contributed by atoms with Crippen molar-refractivity contribution >= 4 is 11.7 Å². The number of likely N-dealkylation sites (tertiary alicyclic amines) is 1. The molecule has 6 nitrogen and oxygen atoms in total. The lowest BCUT2D eigenvalue weighted by atomic mass is 10.1. The maximum absolute atomic E-state index is 12.1. The van der Waals surface area contributed by atoms with Crippen LogP contribution in [-0.4, -0.2) is 42.5 Å². The van der Waals surface area contributed by atoms with Crippen LogP contribution in [0.25, 0.3) is 0 Å². The number of rotatable bonds is 4. The molecule has 0 aromatic carbocycles. The van der Waals surface area contributed by atoms with Crippen molar-refractivity contribution in [1.82, 2.24) is 15.2 Å². The van der Waals surface area contributed by atoms with Crippen LogP contribution in [0.1, 0.15) is 22.5 Å². The number of aryl methyl sites for hydroxylation is 1. The van der Waals surface area contributed by atoms with Crippen molar-refractivity contribution in [3.05, 3.63) is 23.4 Å². The molecule has 1 aromatic rings. The molecule has 1 aliphatic rings. The zero-order valence-electron chi connectivity index (χ0n) is 11.4. The van der Waals surface area contributed by atoms with Gasteiger partial charge >= 0.3 is 0 Å². The van der Waals surface area contributed by atoms with Crippen molar-refractivity contribution in [2.45, 2.75) is 13.3 Å². The molecule has 1 atom stereocenters. The number of carbonyl (C=O) groups is 1. The molecule has 1 amide bonds. The standard InChI is InChI=1S/C13H21N5O/c1-9-5-11(6-12(16-9)17-14)13(19)15-7-10-3-4-18(2)8-10/h5-6,10H,3-4,7-8,14H2,1-2H3,(H,15,19)(H,16,17). The average Bonchev–Trinajstić information content (AvgIpc) is 2.81. The predicted octanol–water partition coefficient (Wildman–Crippen LogP) is 0.357. The van der Waals surface area contributed by atoms with Crippen molar-refractivity contribution in [3.63, 3.8) is 0 Å². The number of carbonyl (C=O) groups excluding carboxylic acids is 1. The Hall–Kier alpha value is -1.66. The van der Waals surface area contributed by atoms with Gasteiger partial charge in [-0.15, -0.1) is 0 Å². The monoisotopic (exact) mass is 263 g/mol. The van der Waals surface area contributed by atoms with Crippen molar-refractivity contribution in [1.29, 1.82) is 0 Å². The first-order valence-corrected chi connectivity index (χ1v) is 6.50. The summed E-state index contributed by atoms with van der Waals surface area (Å²) < 4.78 is 0. The van der Waals surface area contributed by atoms with Crippen LogP contribution in [0.4, 0.5) is 5.82 Å². The van der Waals surface area contributed by atoms with E-state index in [1.54, 1.807) is 12.1 Å². The van der Waals surface area contributed by atoms with E-state index in [4.69, 9.17) is 5.84 Å². The number of aromatic nitrogens is 1. The Kier molecular flexibility index (Phi) is 4.34. The molecule has 1 fully saturated rings. The Morgan fingerprint density at radius 2 is 2.37 bits per heavy atom. The fourth-order valence-electron chi connectivity index (χ4n) is 2.41. The van der Waals surface area contributed by atoms with E-state index in [-0.39, 0.29) is 5.91 Å². The van der Waals surface area contributed by atoms with E-state index in [1.165, 1.54) is 0 Å². The zero-order chi connectivity index (χ0) is 13.8. The zero-order valence-corrected chi connectivity index (χ0v) is 11.4. The largest absolute Gasteiger partial charge is 0.352 e. The van der Waals surface area contributed by atoms with E-state index in [1.807, 2.05) is 6.92 Å². The normalized spacial score (nSPS) is 19.4. The lowest BCUT2D eigenvalue weighted by Gasteiger charge is -2.12. The lowest BCUT2D eigenvalue weighted by Crippen LogP contribution is -2.30. The van der Waals surface area contributed by atoms with E-state index in [0.29, 0.717) is 17.3 Å². The summed E-state index contributed by atoms with van der Waals surface area (Å²) in [6.45, 7) is 4.71. The van der Waals surface area contributed by atoms with E-state index >= 15 is 0 Å². The fourth-order valence-corrected chi connectivity index (χ4v) is 2.41. The molecule has 0 radical (unpaired) electrons. The highest BCUT2D eigenvalue weighted by Gasteiger charge is 2.20. The van der Waals surface area contributed by atoms with Gasteiger partial charge in [0.2, 0.25) is 0 Å². The quantitative estimate of drug-likeness (QED) is 0.539. The Morgan fingerprint density at radius 3 is 3.00 bits per heavy atom. The van der Waals surface area contributed by atoms with Crippen LogP contribution < -0.4 is 16.6 Å². The number of amides is 1. The summed E-state index contributed by atoms with van der Waals surface area (Å²) in [5, 5.41) is 2.98. The van der Waals surface area contributed by atoms with E-state index in [2.05, 4.69) is 27.7 Å². The topological polar surface area (TPSA) is 83.3 Å². The molecule has 4 N–H and O–H groups in total. The number of nitrogens with two attached hydrogens (primary N) is 1. The highest BCUT2D eigenvalue weighted by molar-refractivity contribution is 5.94. The molecule has 1 aliphatic heterocycles. The van der Waals surface area contributed by atoms with Crippen LogP contribution in [0.3, 0.4) is 0 Å². The molecule has 0 spiro atoms. The van der Waals surface area contributed by atoms with Gasteiger partial charge in [0.25, 0.3) is 5.91 Å². The number of hydrazine groups is 1. The molecule has 19 heavy (non-hydrogen) atoms. The number of hydrogen-bond acceptors (Lipinski definition) is 5. The van der Waals surface area contributed by atoms with Crippen molar-refractivity contribution < 1.29 is 4.79 Å². The molecule has 1 aromatic heterocycles. The van der Waals surface area contributed by atoms with Gasteiger partial charge in [-0.3, -0.25) is 4.79 Å². The van der Waals surface area contributed by atoms with Crippen LogP contribution in [0.5, 0.6) is 0 Å². The second-order valence-electron chi connectivity index (χ2n) is 5.15. The minimum Gasteiger partial charge on any atom is -0.352 e. The van der Waals surface area contributed by atoms with Gasteiger partial charge in [0.05, 0.1) is 0 Å². The Labute approximate surface area is 113 Å². The third-order valence-corrected chi connectivity index (χ3v) is 3.40. The third kappa shape index (κ3) is 3.65. The smallest absolute Gasteiger partial charge is 0.251 e. The molecule has 0 aliphatic carbocycles. The maximum atomic E-state index is 12.1. The van der Waals surface area contributed by atoms with Gasteiger partial charge in [-0.25, -0.2) is 10.8 Å². The summed E-state index contributed by atoms with van der Waals surface area (Å²) in [5.41, 5.74) is 3.82. The highest BCUT2D eigenvalue weighted by atomic mass is 16.1. The molecular formula is C13H21N5O. The van der Waals surface area contributed by atoms with Crippen molar-refractivity contribution in [3.8, 4) is 0 Å². The van der Waals surface area contributed by atoms with Gasteiger partial charge in [0, 0.05) is 24.3 Å². The molecule has 104 valence electrons. The Morgan fingerprint density at radius 1 is 1.58 bits per heavy atom. The number of anilines is 1. The van der Waals surface area contributed by atoms with Crippen LogP contribution in [-0.2, 0) is 0 Å². The molecule has 1 saturated heterocycles. The molecule has 0 saturated carbocycles. The van der Waals surface area contributed by atoms with E-state index in [0.717, 1.165) is 31.7 Å². The summed E-state index contributed by atoms with van der Waals surface area (Å²) in [7, 11) is 2.10. The minimum atomic E-state index is -0.0726. The SMILES string of the molecule is Cc1cc(C(=O)NCC2CCN(C)C2)cc(NN)n1. The van der Waals surface area contributed by atoms with Crippen LogP contribution in [0.2, 0.25) is 0 Å². The first kappa shape index (κ1) is 13.8. The summed E-state index contributed by atoms with van der Waals surface area (Å²) in [5.74, 6) is 6.30. The fraction of sp³-hybridized carbons (Fsp3) is 0.538. The summed E-state index contributed by atoms with van der Waals surface area (Å²) in [6.07, 6.45) is 1.14. The minimum absolute atomic E-state index is 0.0726. The number of pyridine rings is 1. The predicted molar refractivity (Wildman–Crippen MR) is 74.7 cm³/mol. The summed E-state index contributed by atoms with van der Waals surface area (Å²) >= 11 is 0. The molecule has 1 unspecified atom stereocenters. The lowest BCUT2D eigenvalue weighted by molar-refractivity contribution is 0.0947. The van der Waals surface area contributed by atoms with Gasteiger partial charge in [-0.05, 0) is 45.0 Å². The van der Waals surface area contributed by atoms with Crippen LogP contribution >= 0.6 is 0 Å². The Bertz CT molecular complexity index is 462. The van der Waals surface area contributed by atoms with E-state index in [9.17, 15) is 4.79 Å². The van der Waals surface area contributed by atoms with Crippen molar-refractivity contribution in [2.75, 3.05) is 32.1 Å². The number of nitrogen functional groups attached to an aromatic ring is 1. The molecule has 6 heteroatoms. The summed E-state index contributed by atoms with van der Waals surface area (Å²) in [6, 6.07) is 3.42. The first-order chi connectivity index (χ1) is 9.08. The van der Waals surface area contributed by atoms with Gasteiger partial charge in [-0.1, -0.05) is 0 Å². The van der Waals surface area contributed by atoms with Gasteiger partial charge in [0.1, 0.15) is 5.82 Å². The molecule has 2 heterocycles. The first-order valence-electron chi connectivity index (χ1n) is 6.50. The maximum Gasteiger partial charge on any atom is 0.251 e. The van der Waals surface area contributed by atoms with Crippen LogP contribution in [0.15, 0.2) is 12.1 Å². The van der Waals surface area contributed by atoms with Crippen LogP contribution in [0, 0.1) is 12.8 Å². The molecular weight excluding hydrogens is 242 g/mol. The van der Waals surface area contributed by atoms with Crippen molar-refractivity contribution in [2.24, 2.45) is 11.8 Å². The van der Waals surface area contributed by atoms with E-state index < -0.39 is 0 Å². The third-order valence-electron chi connectivity index (χ3n) is 3.40. The molecule has 2 rings (SSSR count). The Balaban J connectivity index is 1.94. The number of nitrogens with one attached hydrogen (secondary N) is 2. The van der Waals surface area contributed by atoms with Gasteiger partial charge in [-0.2, -0.15) is 0 Å². The highest BCUT2D eigenvalue weighted by Crippen LogP contribution is 2.14. The number of nitrogens with zero attached hydrogens (tertiary/aromatic N) is 2. The summed E-state index contributed by atoms with van der Waals surface area (Å²) in [4.78, 5) is 18.5. The van der Waals surface area contributed by atoms with Gasteiger partial charge in [0.15, 0.2) is 0 Å². The number of hydrogen-bond donors (Lipinski definition) is 3. The van der Waals surface area contributed by atoms with Gasteiger partial charge < -0.3 is 15.6 Å². The average molecular weight is 263 g/mol. The molecule has 0 bridgehead atoms. The second kappa shape index (κ2) is 5.99.